The van der Waals surface area contributed by atoms with Gasteiger partial charge in [0.15, 0.2) is 0 Å². The molecule has 2 nitrogen and oxygen atoms in total. The highest BCUT2D eigenvalue weighted by Gasteiger charge is 2.17. The number of aryl methyl sites for hydroxylation is 2. The van der Waals surface area contributed by atoms with E-state index in [9.17, 15) is 4.79 Å². The van der Waals surface area contributed by atoms with Crippen LogP contribution in [0.2, 0.25) is 0 Å². The number of esters is 1. The van der Waals surface area contributed by atoms with Crippen LogP contribution in [0.3, 0.4) is 0 Å². The topological polar surface area (TPSA) is 26.3 Å². The van der Waals surface area contributed by atoms with Crippen LogP contribution in [-0.2, 0) is 0 Å². The van der Waals surface area contributed by atoms with Crippen molar-refractivity contribution >= 4 is 18.1 Å². The molecule has 0 aliphatic rings. The summed E-state index contributed by atoms with van der Waals surface area (Å²) in [7, 11) is 0. The monoisotopic (exact) mass is 404 g/mol. The van der Waals surface area contributed by atoms with E-state index in [1.807, 2.05) is 61.5 Å². The first-order valence-electron chi connectivity index (χ1n) is 10.3. The van der Waals surface area contributed by atoms with Gasteiger partial charge in [0.1, 0.15) is 5.75 Å². The van der Waals surface area contributed by atoms with Gasteiger partial charge in [-0.05, 0) is 59.9 Å². The third-order valence-corrected chi connectivity index (χ3v) is 5.26. The number of rotatable bonds is 5. The van der Waals surface area contributed by atoms with Crippen molar-refractivity contribution < 1.29 is 9.53 Å². The van der Waals surface area contributed by atoms with Crippen molar-refractivity contribution in [1.29, 1.82) is 0 Å². The van der Waals surface area contributed by atoms with Crippen molar-refractivity contribution in [2.75, 3.05) is 0 Å². The number of carbonyl (C=O) groups is 1. The van der Waals surface area contributed by atoms with Gasteiger partial charge < -0.3 is 4.74 Å². The molecular formula is C29H24O2. The molecule has 4 aromatic carbocycles. The Hall–Kier alpha value is -3.91. The largest absolute Gasteiger partial charge is 0.422 e. The SMILES string of the molecule is Cc1cccc(/C=C/c2ccccc2)c1-c1c(C)cccc1OC(=O)c1ccccc1. The molecule has 0 aliphatic heterocycles. The number of hydrogen-bond acceptors (Lipinski definition) is 2. The van der Waals surface area contributed by atoms with Gasteiger partial charge >= 0.3 is 5.97 Å². The standard InChI is InChI=1S/C29H24O2/c1-21-11-9-17-24(20-19-23-13-5-3-6-14-23)27(21)28-22(2)12-10-18-26(28)31-29(30)25-15-7-4-8-16-25/h3-20H,1-2H3/b20-19+. The van der Waals surface area contributed by atoms with Crippen molar-refractivity contribution in [2.45, 2.75) is 13.8 Å². The second kappa shape index (κ2) is 9.27. The molecule has 31 heavy (non-hydrogen) atoms. The van der Waals surface area contributed by atoms with E-state index < -0.39 is 0 Å². The molecule has 0 unspecified atom stereocenters. The van der Waals surface area contributed by atoms with E-state index in [0.29, 0.717) is 11.3 Å². The smallest absolute Gasteiger partial charge is 0.343 e. The molecule has 0 N–H and O–H groups in total. The molecule has 2 heteroatoms. The Morgan fingerprint density at radius 3 is 1.97 bits per heavy atom. The van der Waals surface area contributed by atoms with Crippen molar-refractivity contribution in [3.05, 3.63) is 125 Å². The van der Waals surface area contributed by atoms with E-state index in [1.54, 1.807) is 12.1 Å². The molecule has 0 bridgehead atoms. The third kappa shape index (κ3) is 4.65. The Bertz CT molecular complexity index is 1220. The predicted molar refractivity (Wildman–Crippen MR) is 128 cm³/mol. The normalized spacial score (nSPS) is 10.9. The Balaban J connectivity index is 1.78. The van der Waals surface area contributed by atoms with Crippen molar-refractivity contribution in [2.24, 2.45) is 0 Å². The number of ether oxygens (including phenoxy) is 1. The van der Waals surface area contributed by atoms with E-state index in [0.717, 1.165) is 33.4 Å². The summed E-state index contributed by atoms with van der Waals surface area (Å²) in [4.78, 5) is 12.8. The lowest BCUT2D eigenvalue weighted by Crippen LogP contribution is -2.09. The molecule has 0 saturated heterocycles. The fraction of sp³-hybridized carbons (Fsp3) is 0.0690. The molecule has 0 heterocycles. The lowest BCUT2D eigenvalue weighted by molar-refractivity contribution is 0.0735. The summed E-state index contributed by atoms with van der Waals surface area (Å²) in [5.41, 5.74) is 6.94. The van der Waals surface area contributed by atoms with Crippen molar-refractivity contribution in [1.82, 2.24) is 0 Å². The van der Waals surface area contributed by atoms with Crippen LogP contribution in [0, 0.1) is 13.8 Å². The summed E-state index contributed by atoms with van der Waals surface area (Å²) < 4.78 is 5.88. The molecule has 0 aliphatic carbocycles. The zero-order valence-electron chi connectivity index (χ0n) is 17.7. The van der Waals surface area contributed by atoms with Gasteiger partial charge in [-0.25, -0.2) is 4.79 Å². The lowest BCUT2D eigenvalue weighted by atomic mass is 9.91. The number of benzene rings is 4. The van der Waals surface area contributed by atoms with Crippen LogP contribution in [-0.4, -0.2) is 5.97 Å². The Labute approximate surface area is 183 Å². The number of hydrogen-bond donors (Lipinski definition) is 0. The summed E-state index contributed by atoms with van der Waals surface area (Å²) in [5, 5.41) is 0. The maximum Gasteiger partial charge on any atom is 0.343 e. The molecule has 152 valence electrons. The summed E-state index contributed by atoms with van der Waals surface area (Å²) in [6.45, 7) is 4.14. The second-order valence-corrected chi connectivity index (χ2v) is 7.49. The zero-order chi connectivity index (χ0) is 21.6. The maximum atomic E-state index is 12.8. The van der Waals surface area contributed by atoms with Gasteiger partial charge in [0.05, 0.1) is 5.56 Å². The molecule has 0 aromatic heterocycles. The lowest BCUT2D eigenvalue weighted by Gasteiger charge is -2.17. The second-order valence-electron chi connectivity index (χ2n) is 7.49. The fourth-order valence-electron chi connectivity index (χ4n) is 3.70. The molecule has 4 aromatic rings. The molecule has 0 atom stereocenters. The Morgan fingerprint density at radius 2 is 1.26 bits per heavy atom. The van der Waals surface area contributed by atoms with Gasteiger partial charge in [-0.1, -0.05) is 91.0 Å². The minimum atomic E-state index is -0.359. The van der Waals surface area contributed by atoms with E-state index >= 15 is 0 Å². The molecule has 0 saturated carbocycles. The molecule has 0 fully saturated rings. The van der Waals surface area contributed by atoms with Gasteiger partial charge in [-0.3, -0.25) is 0 Å². The highest BCUT2D eigenvalue weighted by molar-refractivity contribution is 5.93. The van der Waals surface area contributed by atoms with E-state index in [2.05, 4.69) is 49.4 Å². The summed E-state index contributed by atoms with van der Waals surface area (Å²) in [5.74, 6) is 0.208. The molecule has 4 rings (SSSR count). The summed E-state index contributed by atoms with van der Waals surface area (Å²) in [6.07, 6.45) is 4.22. The first-order valence-corrected chi connectivity index (χ1v) is 10.3. The predicted octanol–water partition coefficient (Wildman–Crippen LogP) is 7.36. The van der Waals surface area contributed by atoms with Crippen LogP contribution < -0.4 is 4.74 Å². The minimum Gasteiger partial charge on any atom is -0.422 e. The highest BCUT2D eigenvalue weighted by Crippen LogP contribution is 2.38. The molecular weight excluding hydrogens is 380 g/mol. The average Bonchev–Trinajstić information content (AvgIpc) is 2.80. The van der Waals surface area contributed by atoms with Crippen molar-refractivity contribution in [3.63, 3.8) is 0 Å². The van der Waals surface area contributed by atoms with Crippen LogP contribution in [0.15, 0.2) is 97.1 Å². The van der Waals surface area contributed by atoms with Crippen LogP contribution in [0.4, 0.5) is 0 Å². The van der Waals surface area contributed by atoms with Gasteiger partial charge in [-0.15, -0.1) is 0 Å². The van der Waals surface area contributed by atoms with Gasteiger partial charge in [-0.2, -0.15) is 0 Å². The highest BCUT2D eigenvalue weighted by atomic mass is 16.5. The van der Waals surface area contributed by atoms with Crippen LogP contribution >= 0.6 is 0 Å². The Kier molecular flexibility index (Phi) is 6.09. The first kappa shape index (κ1) is 20.4. The van der Waals surface area contributed by atoms with Crippen molar-refractivity contribution in [3.8, 4) is 16.9 Å². The quantitative estimate of drug-likeness (QED) is 0.197. The van der Waals surface area contributed by atoms with Crippen LogP contribution in [0.1, 0.15) is 32.6 Å². The van der Waals surface area contributed by atoms with Gasteiger partial charge in [0.25, 0.3) is 0 Å². The third-order valence-electron chi connectivity index (χ3n) is 5.26. The summed E-state index contributed by atoms with van der Waals surface area (Å²) in [6, 6.07) is 31.4. The van der Waals surface area contributed by atoms with Gasteiger partial charge in [0.2, 0.25) is 0 Å². The molecule has 0 radical (unpaired) electrons. The maximum absolute atomic E-state index is 12.8. The molecule has 0 amide bonds. The van der Waals surface area contributed by atoms with E-state index in [-0.39, 0.29) is 5.97 Å². The van der Waals surface area contributed by atoms with Gasteiger partial charge in [0, 0.05) is 5.56 Å². The fourth-order valence-corrected chi connectivity index (χ4v) is 3.70. The summed E-state index contributed by atoms with van der Waals surface area (Å²) >= 11 is 0. The first-order chi connectivity index (χ1) is 15.1. The van der Waals surface area contributed by atoms with E-state index in [4.69, 9.17) is 4.74 Å². The number of carbonyl (C=O) groups excluding carboxylic acids is 1. The van der Waals surface area contributed by atoms with E-state index in [1.165, 1.54) is 0 Å². The minimum absolute atomic E-state index is 0.359. The van der Waals surface area contributed by atoms with Crippen LogP contribution in [0.25, 0.3) is 23.3 Å². The molecule has 0 spiro atoms. The average molecular weight is 405 g/mol. The zero-order valence-corrected chi connectivity index (χ0v) is 17.7. The van der Waals surface area contributed by atoms with Crippen LogP contribution in [0.5, 0.6) is 5.75 Å². The Morgan fingerprint density at radius 1 is 0.645 bits per heavy atom.